The van der Waals surface area contributed by atoms with Gasteiger partial charge in [0.15, 0.2) is 0 Å². The molecule has 0 rings (SSSR count). The highest BCUT2D eigenvalue weighted by atomic mass is 35.5. The van der Waals surface area contributed by atoms with E-state index in [1.807, 2.05) is 0 Å². The Morgan fingerprint density at radius 2 is 2.29 bits per heavy atom. The van der Waals surface area contributed by atoms with Crippen LogP contribution in [0.1, 0.15) is 6.92 Å². The number of nitrogens with two attached hydrogens (primary N) is 1. The van der Waals surface area contributed by atoms with E-state index in [0.717, 1.165) is 0 Å². The Kier molecular flexibility index (Phi) is 7.75. The number of ether oxygens (including phenoxy) is 1. The van der Waals surface area contributed by atoms with Crippen LogP contribution in [-0.4, -0.2) is 12.6 Å². The van der Waals surface area contributed by atoms with Gasteiger partial charge in [-0.2, -0.15) is 0 Å². The fraction of sp³-hybridized carbons (Fsp3) is 0.667. The summed E-state index contributed by atoms with van der Waals surface area (Å²) in [4.78, 5) is 0. The molecule has 0 aromatic carbocycles. The van der Waals surface area contributed by atoms with Crippen LogP contribution in [0.5, 0.6) is 0 Å². The smallest absolute Gasteiger partial charge is 0.278 e. The second kappa shape index (κ2) is 5.56. The maximum atomic E-state index is 6.45. The van der Waals surface area contributed by atoms with Gasteiger partial charge < -0.3 is 22.9 Å². The van der Waals surface area contributed by atoms with Crippen molar-refractivity contribution in [1.29, 1.82) is 5.41 Å². The third-order valence-corrected chi connectivity index (χ3v) is 0.300. The van der Waals surface area contributed by atoms with Gasteiger partial charge in [0.25, 0.3) is 6.02 Å². The van der Waals surface area contributed by atoms with Crippen molar-refractivity contribution in [3.8, 4) is 0 Å². The zero-order chi connectivity index (χ0) is 4.99. The molecule has 0 unspecified atom stereocenters. The molecule has 0 spiro atoms. The summed E-state index contributed by atoms with van der Waals surface area (Å²) in [5.74, 6) is 0. The molecular weight excluding hydrogens is 115 g/mol. The third-order valence-electron chi connectivity index (χ3n) is 0.300. The number of hydrogen-bond donors (Lipinski definition) is 2. The standard InChI is InChI=1S/C3H8N2O.ClH/c1-2-6-3(4)5;/h2H2,1H3,(H3,4,5);1H/p-1. The Morgan fingerprint density at radius 1 is 1.86 bits per heavy atom. The maximum absolute atomic E-state index is 6.45. The van der Waals surface area contributed by atoms with Crippen LogP contribution in [0.15, 0.2) is 0 Å². The molecule has 7 heavy (non-hydrogen) atoms. The lowest BCUT2D eigenvalue weighted by Crippen LogP contribution is -3.00. The van der Waals surface area contributed by atoms with Crippen LogP contribution in [0.25, 0.3) is 0 Å². The zero-order valence-electron chi connectivity index (χ0n) is 4.07. The van der Waals surface area contributed by atoms with Gasteiger partial charge in [-0.15, -0.1) is 0 Å². The van der Waals surface area contributed by atoms with E-state index in [1.54, 1.807) is 6.92 Å². The third kappa shape index (κ3) is 10.8. The topological polar surface area (TPSA) is 59.1 Å². The lowest BCUT2D eigenvalue weighted by molar-refractivity contribution is -0.00000274. The van der Waals surface area contributed by atoms with Gasteiger partial charge in [0, 0.05) is 0 Å². The number of nitrogens with one attached hydrogen (secondary N) is 1. The fourth-order valence-corrected chi connectivity index (χ4v) is 0.156. The Balaban J connectivity index is 0. The molecule has 0 atom stereocenters. The lowest BCUT2D eigenvalue weighted by Gasteiger charge is -1.92. The summed E-state index contributed by atoms with van der Waals surface area (Å²) in [5, 5.41) is 6.45. The van der Waals surface area contributed by atoms with Gasteiger partial charge in [0.1, 0.15) is 0 Å². The molecule has 0 fully saturated rings. The normalized spacial score (nSPS) is 6.43. The van der Waals surface area contributed by atoms with Crippen molar-refractivity contribution in [2.45, 2.75) is 6.92 Å². The van der Waals surface area contributed by atoms with Gasteiger partial charge in [-0.25, -0.2) is 0 Å². The predicted molar refractivity (Wildman–Crippen MR) is 23.5 cm³/mol. The molecule has 0 bridgehead atoms. The first kappa shape index (κ1) is 9.75. The zero-order valence-corrected chi connectivity index (χ0v) is 4.83. The minimum Gasteiger partial charge on any atom is -1.00 e. The fourth-order valence-electron chi connectivity index (χ4n) is 0.156. The monoisotopic (exact) mass is 123 g/mol. The highest BCUT2D eigenvalue weighted by Gasteiger charge is 1.76. The summed E-state index contributed by atoms with van der Waals surface area (Å²) >= 11 is 0. The first-order valence-electron chi connectivity index (χ1n) is 1.74. The van der Waals surface area contributed by atoms with Crippen molar-refractivity contribution < 1.29 is 17.1 Å². The summed E-state index contributed by atoms with van der Waals surface area (Å²) in [6.07, 6.45) is 0. The maximum Gasteiger partial charge on any atom is 0.278 e. The number of rotatable bonds is 1. The van der Waals surface area contributed by atoms with Gasteiger partial charge in [-0.3, -0.25) is 5.41 Å². The summed E-state index contributed by atoms with van der Waals surface area (Å²) < 4.78 is 4.40. The molecule has 44 valence electrons. The van der Waals surface area contributed by atoms with Gasteiger partial charge in [0.2, 0.25) is 0 Å². The van der Waals surface area contributed by atoms with Gasteiger partial charge in [0.05, 0.1) is 6.61 Å². The van der Waals surface area contributed by atoms with E-state index in [-0.39, 0.29) is 18.4 Å². The highest BCUT2D eigenvalue weighted by molar-refractivity contribution is 5.67. The van der Waals surface area contributed by atoms with E-state index in [1.165, 1.54) is 0 Å². The van der Waals surface area contributed by atoms with Crippen LogP contribution >= 0.6 is 0 Å². The van der Waals surface area contributed by atoms with Crippen molar-refractivity contribution in [3.63, 3.8) is 0 Å². The van der Waals surface area contributed by atoms with E-state index in [4.69, 9.17) is 11.1 Å². The average Bonchev–Trinajstić information content (AvgIpc) is 1.35. The first-order chi connectivity index (χ1) is 2.77. The van der Waals surface area contributed by atoms with Crippen molar-refractivity contribution >= 4 is 6.02 Å². The van der Waals surface area contributed by atoms with Crippen LogP contribution in [0.4, 0.5) is 0 Å². The van der Waals surface area contributed by atoms with Crippen molar-refractivity contribution in [3.05, 3.63) is 0 Å². The molecule has 0 saturated carbocycles. The van der Waals surface area contributed by atoms with Crippen LogP contribution in [0.3, 0.4) is 0 Å². The molecule has 3 nitrogen and oxygen atoms in total. The molecule has 0 aromatic heterocycles. The van der Waals surface area contributed by atoms with Crippen LogP contribution in [0, 0.1) is 5.41 Å². The Labute approximate surface area is 48.8 Å². The minimum atomic E-state index is -0.211. The second-order valence-corrected chi connectivity index (χ2v) is 0.797. The Bertz CT molecular complexity index is 56.9. The van der Waals surface area contributed by atoms with Crippen LogP contribution in [-0.2, 0) is 4.74 Å². The minimum absolute atomic E-state index is 0. The van der Waals surface area contributed by atoms with E-state index >= 15 is 0 Å². The van der Waals surface area contributed by atoms with Crippen molar-refractivity contribution in [2.75, 3.05) is 6.61 Å². The molecule has 0 aromatic rings. The average molecular weight is 124 g/mol. The molecule has 0 aliphatic heterocycles. The molecule has 0 heterocycles. The van der Waals surface area contributed by atoms with Crippen molar-refractivity contribution in [2.24, 2.45) is 5.73 Å². The van der Waals surface area contributed by atoms with E-state index in [0.29, 0.717) is 6.61 Å². The number of amidine groups is 1. The summed E-state index contributed by atoms with van der Waals surface area (Å²) in [5.41, 5.74) is 4.76. The molecule has 4 heteroatoms. The summed E-state index contributed by atoms with van der Waals surface area (Å²) in [7, 11) is 0. The van der Waals surface area contributed by atoms with Gasteiger partial charge >= 0.3 is 0 Å². The largest absolute Gasteiger partial charge is 1.00 e. The second-order valence-electron chi connectivity index (χ2n) is 0.797. The Hall–Kier alpha value is -0.440. The van der Waals surface area contributed by atoms with E-state index in [2.05, 4.69) is 4.74 Å². The lowest BCUT2D eigenvalue weighted by atomic mass is 10.9. The van der Waals surface area contributed by atoms with Crippen LogP contribution in [0.2, 0.25) is 0 Å². The molecule has 3 N–H and O–H groups in total. The predicted octanol–water partition coefficient (Wildman–Crippen LogP) is -3.08. The molecule has 0 amide bonds. The molecular formula is C3H8ClN2O-. The Morgan fingerprint density at radius 3 is 2.29 bits per heavy atom. The quantitative estimate of drug-likeness (QED) is 0.287. The number of hydrogen-bond acceptors (Lipinski definition) is 2. The molecule has 0 aliphatic carbocycles. The highest BCUT2D eigenvalue weighted by Crippen LogP contribution is 1.63. The van der Waals surface area contributed by atoms with Crippen LogP contribution < -0.4 is 18.1 Å². The van der Waals surface area contributed by atoms with E-state index in [9.17, 15) is 0 Å². The SMILES string of the molecule is CCOC(=N)N.[Cl-]. The summed E-state index contributed by atoms with van der Waals surface area (Å²) in [6, 6.07) is -0.211. The van der Waals surface area contributed by atoms with Gasteiger partial charge in [-0.05, 0) is 6.92 Å². The summed E-state index contributed by atoms with van der Waals surface area (Å²) in [6.45, 7) is 2.26. The van der Waals surface area contributed by atoms with Gasteiger partial charge in [-0.1, -0.05) is 0 Å². The first-order valence-corrected chi connectivity index (χ1v) is 1.74. The molecule has 0 radical (unpaired) electrons. The van der Waals surface area contributed by atoms with E-state index < -0.39 is 0 Å². The number of halogens is 1. The van der Waals surface area contributed by atoms with Crippen molar-refractivity contribution in [1.82, 2.24) is 0 Å². The molecule has 0 saturated heterocycles. The molecule has 0 aliphatic rings.